The summed E-state index contributed by atoms with van der Waals surface area (Å²) in [6, 6.07) is 13.4. The number of nitro benzene ring substituents is 1. The van der Waals surface area contributed by atoms with Gasteiger partial charge in [-0.25, -0.2) is 0 Å². The van der Waals surface area contributed by atoms with Gasteiger partial charge in [0.25, 0.3) is 5.69 Å². The van der Waals surface area contributed by atoms with Crippen LogP contribution in [0.5, 0.6) is 0 Å². The molecular weight excluding hydrogens is 410 g/mol. The van der Waals surface area contributed by atoms with Crippen LogP contribution >= 0.6 is 34.7 Å². The highest BCUT2D eigenvalue weighted by molar-refractivity contribution is 8.01. The van der Waals surface area contributed by atoms with Crippen molar-refractivity contribution in [3.63, 3.8) is 0 Å². The number of carbonyl (C=O) groups is 1. The molecule has 0 unspecified atom stereocenters. The van der Waals surface area contributed by atoms with Crippen molar-refractivity contribution >= 4 is 62.8 Å². The Morgan fingerprint density at radius 3 is 2.70 bits per heavy atom. The van der Waals surface area contributed by atoms with Crippen LogP contribution in [0, 0.1) is 10.1 Å². The van der Waals surface area contributed by atoms with E-state index in [2.05, 4.69) is 20.8 Å². The minimum atomic E-state index is -0.552. The Hall–Kier alpha value is -2.69. The number of aromatic nitrogens is 2. The first-order valence-corrected chi connectivity index (χ1v) is 9.71. The first-order valence-electron chi connectivity index (χ1n) is 7.53. The Kier molecular flexibility index (Phi) is 6.22. The molecule has 0 aliphatic rings. The van der Waals surface area contributed by atoms with E-state index in [-0.39, 0.29) is 22.4 Å². The highest BCUT2D eigenvalue weighted by atomic mass is 35.5. The summed E-state index contributed by atoms with van der Waals surface area (Å²) >= 11 is 8.53. The molecular formula is C16H12ClN5O3S2. The molecule has 0 atom stereocenters. The minimum absolute atomic E-state index is 0.104. The van der Waals surface area contributed by atoms with Gasteiger partial charge in [-0.1, -0.05) is 52.9 Å². The van der Waals surface area contributed by atoms with Gasteiger partial charge < -0.3 is 10.6 Å². The highest BCUT2D eigenvalue weighted by Crippen LogP contribution is 2.29. The van der Waals surface area contributed by atoms with E-state index in [4.69, 9.17) is 11.6 Å². The standard InChI is InChI=1S/C16H12ClN5O3S2/c17-12-8-11(22(24)25)6-7-13(12)19-14(23)9-26-16-21-20-15(27-16)18-10-4-2-1-3-5-10/h1-8H,9H2,(H,18,20)(H,19,23). The number of halogens is 1. The fraction of sp³-hybridized carbons (Fsp3) is 0.0625. The molecule has 0 bridgehead atoms. The molecule has 8 nitrogen and oxygen atoms in total. The maximum absolute atomic E-state index is 12.1. The monoisotopic (exact) mass is 421 g/mol. The summed E-state index contributed by atoms with van der Waals surface area (Å²) in [5, 5.41) is 25.2. The van der Waals surface area contributed by atoms with Crippen LogP contribution in [-0.4, -0.2) is 26.8 Å². The second-order valence-electron chi connectivity index (χ2n) is 5.12. The molecule has 0 saturated heterocycles. The normalized spacial score (nSPS) is 10.4. The second-order valence-corrected chi connectivity index (χ2v) is 7.73. The Morgan fingerprint density at radius 2 is 2.00 bits per heavy atom. The van der Waals surface area contributed by atoms with E-state index in [0.717, 1.165) is 5.69 Å². The molecule has 0 aliphatic carbocycles. The molecule has 0 radical (unpaired) electrons. The van der Waals surface area contributed by atoms with E-state index >= 15 is 0 Å². The molecule has 0 aliphatic heterocycles. The number of hydrogen-bond acceptors (Lipinski definition) is 8. The lowest BCUT2D eigenvalue weighted by molar-refractivity contribution is -0.384. The Morgan fingerprint density at radius 1 is 1.22 bits per heavy atom. The van der Waals surface area contributed by atoms with E-state index < -0.39 is 4.92 Å². The number of anilines is 3. The molecule has 0 fully saturated rings. The maximum Gasteiger partial charge on any atom is 0.271 e. The number of nitrogens with zero attached hydrogens (tertiary/aromatic N) is 3. The molecule has 138 valence electrons. The topological polar surface area (TPSA) is 110 Å². The molecule has 11 heteroatoms. The number of nitrogens with one attached hydrogen (secondary N) is 2. The molecule has 1 amide bonds. The number of carbonyl (C=O) groups excluding carboxylic acids is 1. The van der Waals surface area contributed by atoms with Crippen molar-refractivity contribution in [2.45, 2.75) is 4.34 Å². The number of benzene rings is 2. The van der Waals surface area contributed by atoms with Crippen LogP contribution in [0.3, 0.4) is 0 Å². The Balaban J connectivity index is 1.53. The molecule has 0 saturated carbocycles. The largest absolute Gasteiger partial charge is 0.330 e. The van der Waals surface area contributed by atoms with Crippen molar-refractivity contribution in [3.8, 4) is 0 Å². The van der Waals surface area contributed by atoms with Crippen molar-refractivity contribution in [2.24, 2.45) is 0 Å². The third-order valence-electron chi connectivity index (χ3n) is 3.20. The molecule has 1 aromatic heterocycles. The lowest BCUT2D eigenvalue weighted by Gasteiger charge is -2.06. The number of thioether (sulfide) groups is 1. The predicted molar refractivity (Wildman–Crippen MR) is 107 cm³/mol. The zero-order valence-electron chi connectivity index (χ0n) is 13.6. The van der Waals surface area contributed by atoms with Gasteiger partial charge in [-0.05, 0) is 18.2 Å². The Bertz CT molecular complexity index is 968. The van der Waals surface area contributed by atoms with Crippen molar-refractivity contribution in [1.82, 2.24) is 10.2 Å². The van der Waals surface area contributed by atoms with Crippen LogP contribution in [0.4, 0.5) is 22.2 Å². The van der Waals surface area contributed by atoms with Crippen LogP contribution in [0.25, 0.3) is 0 Å². The van der Waals surface area contributed by atoms with Gasteiger partial charge in [0.15, 0.2) is 4.34 Å². The summed E-state index contributed by atoms with van der Waals surface area (Å²) in [5.41, 5.74) is 1.08. The van der Waals surface area contributed by atoms with Crippen LogP contribution in [-0.2, 0) is 4.79 Å². The molecule has 27 heavy (non-hydrogen) atoms. The van der Waals surface area contributed by atoms with Crippen LogP contribution < -0.4 is 10.6 Å². The molecule has 1 heterocycles. The average molecular weight is 422 g/mol. The van der Waals surface area contributed by atoms with E-state index in [1.807, 2.05) is 30.3 Å². The number of non-ortho nitro benzene ring substituents is 1. The molecule has 3 rings (SSSR count). The van der Waals surface area contributed by atoms with E-state index in [1.165, 1.54) is 41.3 Å². The van der Waals surface area contributed by atoms with Crippen molar-refractivity contribution < 1.29 is 9.72 Å². The van der Waals surface area contributed by atoms with Gasteiger partial charge in [0.1, 0.15) is 0 Å². The molecule has 3 aromatic rings. The number of rotatable bonds is 7. The van der Waals surface area contributed by atoms with E-state index in [1.54, 1.807) is 0 Å². The van der Waals surface area contributed by atoms with Crippen LogP contribution in [0.1, 0.15) is 0 Å². The quantitative estimate of drug-likeness (QED) is 0.326. The third-order valence-corrected chi connectivity index (χ3v) is 5.48. The predicted octanol–water partition coefficient (Wildman–Crippen LogP) is 4.57. The number of nitro groups is 1. The van der Waals surface area contributed by atoms with Gasteiger partial charge >= 0.3 is 0 Å². The molecule has 2 aromatic carbocycles. The fourth-order valence-corrected chi connectivity index (χ4v) is 3.79. The zero-order chi connectivity index (χ0) is 19.2. The zero-order valence-corrected chi connectivity index (χ0v) is 16.0. The average Bonchev–Trinajstić information content (AvgIpc) is 3.10. The van der Waals surface area contributed by atoms with E-state index in [0.29, 0.717) is 15.2 Å². The smallest absolute Gasteiger partial charge is 0.271 e. The number of amides is 1. The first-order chi connectivity index (χ1) is 13.0. The summed E-state index contributed by atoms with van der Waals surface area (Å²) in [6.07, 6.45) is 0. The van der Waals surface area contributed by atoms with Crippen LogP contribution in [0.2, 0.25) is 5.02 Å². The van der Waals surface area contributed by atoms with Gasteiger partial charge in [-0.2, -0.15) is 0 Å². The summed E-state index contributed by atoms with van der Waals surface area (Å²) in [5.74, 6) is -0.198. The lowest BCUT2D eigenvalue weighted by Crippen LogP contribution is -2.14. The summed E-state index contributed by atoms with van der Waals surface area (Å²) in [7, 11) is 0. The first kappa shape index (κ1) is 19.1. The van der Waals surface area contributed by atoms with E-state index in [9.17, 15) is 14.9 Å². The SMILES string of the molecule is O=C(CSc1nnc(Nc2ccccc2)s1)Nc1ccc([N+](=O)[O-])cc1Cl. The highest BCUT2D eigenvalue weighted by Gasteiger charge is 2.13. The molecule has 2 N–H and O–H groups in total. The summed E-state index contributed by atoms with van der Waals surface area (Å²) < 4.78 is 0.637. The Labute approximate surface area is 167 Å². The van der Waals surface area contributed by atoms with Crippen molar-refractivity contribution in [1.29, 1.82) is 0 Å². The van der Waals surface area contributed by atoms with Crippen molar-refractivity contribution in [2.75, 3.05) is 16.4 Å². The van der Waals surface area contributed by atoms with Gasteiger partial charge in [0.05, 0.1) is 21.4 Å². The maximum atomic E-state index is 12.1. The van der Waals surface area contributed by atoms with Gasteiger partial charge in [0, 0.05) is 17.8 Å². The summed E-state index contributed by atoms with van der Waals surface area (Å²) in [4.78, 5) is 22.2. The van der Waals surface area contributed by atoms with Crippen LogP contribution in [0.15, 0.2) is 52.9 Å². The van der Waals surface area contributed by atoms with Gasteiger partial charge in [-0.15, -0.1) is 10.2 Å². The fourth-order valence-electron chi connectivity index (χ4n) is 2.00. The second kappa shape index (κ2) is 8.80. The van der Waals surface area contributed by atoms with Crippen molar-refractivity contribution in [3.05, 3.63) is 63.7 Å². The number of para-hydroxylation sites is 1. The lowest BCUT2D eigenvalue weighted by atomic mass is 10.3. The third kappa shape index (κ3) is 5.39. The van der Waals surface area contributed by atoms with Gasteiger partial charge in [-0.3, -0.25) is 14.9 Å². The minimum Gasteiger partial charge on any atom is -0.330 e. The summed E-state index contributed by atoms with van der Waals surface area (Å²) in [6.45, 7) is 0. The number of hydrogen-bond donors (Lipinski definition) is 2. The van der Waals surface area contributed by atoms with Gasteiger partial charge in [0.2, 0.25) is 11.0 Å². The molecule has 0 spiro atoms.